The molecule has 11 heavy (non-hydrogen) atoms. The Labute approximate surface area is 67.2 Å². The first-order valence-electron chi connectivity index (χ1n) is 4.14. The van der Waals surface area contributed by atoms with Crippen LogP contribution >= 0.6 is 0 Å². The summed E-state index contributed by atoms with van der Waals surface area (Å²) < 4.78 is 5.32. The van der Waals surface area contributed by atoms with Gasteiger partial charge >= 0.3 is 0 Å². The predicted octanol–water partition coefficient (Wildman–Crippen LogP) is 1.70. The van der Waals surface area contributed by atoms with Crippen molar-refractivity contribution in [1.82, 2.24) is 0 Å². The fourth-order valence-electron chi connectivity index (χ4n) is 1.20. The zero-order valence-electron chi connectivity index (χ0n) is 6.82. The SMILES string of the molecule is CCC1OC1CCC=CC=O. The van der Waals surface area contributed by atoms with Gasteiger partial charge < -0.3 is 4.74 Å². The lowest BCUT2D eigenvalue weighted by atomic mass is 10.1. The fraction of sp³-hybridized carbons (Fsp3) is 0.667. The van der Waals surface area contributed by atoms with Gasteiger partial charge in [-0.2, -0.15) is 0 Å². The third-order valence-electron chi connectivity index (χ3n) is 1.92. The molecule has 0 aliphatic carbocycles. The Bertz CT molecular complexity index is 152. The van der Waals surface area contributed by atoms with Crippen LogP contribution in [0.4, 0.5) is 0 Å². The second-order valence-corrected chi connectivity index (χ2v) is 2.76. The van der Waals surface area contributed by atoms with Crippen molar-refractivity contribution in [2.75, 3.05) is 0 Å². The van der Waals surface area contributed by atoms with E-state index >= 15 is 0 Å². The molecular formula is C9H14O2. The Kier molecular flexibility index (Phi) is 3.30. The first-order chi connectivity index (χ1) is 5.38. The Morgan fingerprint density at radius 1 is 1.45 bits per heavy atom. The van der Waals surface area contributed by atoms with Crippen LogP contribution in [0.5, 0.6) is 0 Å². The molecule has 0 saturated carbocycles. The quantitative estimate of drug-likeness (QED) is 0.342. The Morgan fingerprint density at radius 3 is 2.82 bits per heavy atom. The van der Waals surface area contributed by atoms with Crippen molar-refractivity contribution in [1.29, 1.82) is 0 Å². The summed E-state index contributed by atoms with van der Waals surface area (Å²) in [5.41, 5.74) is 0. The maximum absolute atomic E-state index is 9.87. The topological polar surface area (TPSA) is 29.6 Å². The second-order valence-electron chi connectivity index (χ2n) is 2.76. The monoisotopic (exact) mass is 154 g/mol. The molecular weight excluding hydrogens is 140 g/mol. The van der Waals surface area contributed by atoms with Crippen LogP contribution in [-0.2, 0) is 9.53 Å². The van der Waals surface area contributed by atoms with Gasteiger partial charge in [-0.3, -0.25) is 4.79 Å². The second kappa shape index (κ2) is 4.29. The first kappa shape index (κ1) is 8.47. The fourth-order valence-corrected chi connectivity index (χ4v) is 1.20. The van der Waals surface area contributed by atoms with Crippen LogP contribution in [0.25, 0.3) is 0 Å². The number of ether oxygens (including phenoxy) is 1. The van der Waals surface area contributed by atoms with Gasteiger partial charge in [0.1, 0.15) is 6.29 Å². The molecule has 62 valence electrons. The Morgan fingerprint density at radius 2 is 2.27 bits per heavy atom. The maximum Gasteiger partial charge on any atom is 0.142 e. The van der Waals surface area contributed by atoms with Gasteiger partial charge in [-0.05, 0) is 25.3 Å². The molecule has 1 heterocycles. The molecule has 2 heteroatoms. The van der Waals surface area contributed by atoms with E-state index in [-0.39, 0.29) is 0 Å². The number of hydrogen-bond donors (Lipinski definition) is 0. The third-order valence-corrected chi connectivity index (χ3v) is 1.92. The number of carbonyl (C=O) groups is 1. The molecule has 0 amide bonds. The number of hydrogen-bond acceptors (Lipinski definition) is 2. The van der Waals surface area contributed by atoms with Crippen molar-refractivity contribution in [2.45, 2.75) is 38.4 Å². The van der Waals surface area contributed by atoms with E-state index in [0.717, 1.165) is 25.5 Å². The highest BCUT2D eigenvalue weighted by Crippen LogP contribution is 2.28. The van der Waals surface area contributed by atoms with Gasteiger partial charge in [0.05, 0.1) is 12.2 Å². The van der Waals surface area contributed by atoms with E-state index < -0.39 is 0 Å². The van der Waals surface area contributed by atoms with E-state index in [0.29, 0.717) is 12.2 Å². The standard InChI is InChI=1S/C9H14O2/c1-2-8-9(11-8)6-4-3-5-7-10/h3,5,7-9H,2,4,6H2,1H3. The molecule has 0 bridgehead atoms. The van der Waals surface area contributed by atoms with E-state index in [4.69, 9.17) is 4.74 Å². The van der Waals surface area contributed by atoms with Crippen molar-refractivity contribution < 1.29 is 9.53 Å². The van der Waals surface area contributed by atoms with Crippen molar-refractivity contribution in [3.63, 3.8) is 0 Å². The van der Waals surface area contributed by atoms with Crippen LogP contribution in [-0.4, -0.2) is 18.5 Å². The highest BCUT2D eigenvalue weighted by Gasteiger charge is 2.35. The van der Waals surface area contributed by atoms with Crippen molar-refractivity contribution in [2.24, 2.45) is 0 Å². The lowest BCUT2D eigenvalue weighted by Gasteiger charge is -1.86. The van der Waals surface area contributed by atoms with Crippen molar-refractivity contribution in [3.05, 3.63) is 12.2 Å². The number of epoxide rings is 1. The molecule has 0 aromatic carbocycles. The number of rotatable bonds is 5. The molecule has 1 fully saturated rings. The highest BCUT2D eigenvalue weighted by molar-refractivity contribution is 5.64. The van der Waals surface area contributed by atoms with Gasteiger partial charge in [-0.25, -0.2) is 0 Å². The normalized spacial score (nSPS) is 29.2. The summed E-state index contributed by atoms with van der Waals surface area (Å²) in [6.07, 6.45) is 8.34. The van der Waals surface area contributed by atoms with Crippen LogP contribution in [0, 0.1) is 0 Å². The summed E-state index contributed by atoms with van der Waals surface area (Å²) in [7, 11) is 0. The zero-order chi connectivity index (χ0) is 8.10. The number of allylic oxidation sites excluding steroid dienone is 2. The lowest BCUT2D eigenvalue weighted by molar-refractivity contribution is -0.104. The lowest BCUT2D eigenvalue weighted by Crippen LogP contribution is -1.90. The smallest absolute Gasteiger partial charge is 0.142 e. The van der Waals surface area contributed by atoms with Crippen LogP contribution in [0.1, 0.15) is 26.2 Å². The van der Waals surface area contributed by atoms with Crippen LogP contribution in [0.15, 0.2) is 12.2 Å². The minimum Gasteiger partial charge on any atom is -0.370 e. The Hall–Kier alpha value is -0.630. The van der Waals surface area contributed by atoms with E-state index in [1.165, 1.54) is 0 Å². The molecule has 2 nitrogen and oxygen atoms in total. The van der Waals surface area contributed by atoms with Crippen molar-refractivity contribution in [3.8, 4) is 0 Å². The first-order valence-corrected chi connectivity index (χ1v) is 4.14. The molecule has 0 radical (unpaired) electrons. The van der Waals surface area contributed by atoms with Gasteiger partial charge in [-0.15, -0.1) is 0 Å². The number of aldehydes is 1. The zero-order valence-corrected chi connectivity index (χ0v) is 6.82. The minimum atomic E-state index is 0.469. The maximum atomic E-state index is 9.87. The molecule has 2 unspecified atom stereocenters. The molecule has 1 saturated heterocycles. The molecule has 2 atom stereocenters. The third kappa shape index (κ3) is 2.85. The molecule has 0 N–H and O–H groups in total. The molecule has 0 aromatic heterocycles. The van der Waals surface area contributed by atoms with Gasteiger partial charge in [0, 0.05) is 0 Å². The summed E-state index contributed by atoms with van der Waals surface area (Å²) in [5.74, 6) is 0. The van der Waals surface area contributed by atoms with Crippen LogP contribution < -0.4 is 0 Å². The van der Waals surface area contributed by atoms with Gasteiger partial charge in [-0.1, -0.05) is 13.0 Å². The summed E-state index contributed by atoms with van der Waals surface area (Å²) >= 11 is 0. The van der Waals surface area contributed by atoms with E-state index in [2.05, 4.69) is 6.92 Å². The molecule has 1 aliphatic rings. The van der Waals surface area contributed by atoms with Crippen molar-refractivity contribution >= 4 is 6.29 Å². The van der Waals surface area contributed by atoms with Gasteiger partial charge in [0.15, 0.2) is 0 Å². The summed E-state index contributed by atoms with van der Waals surface area (Å²) in [6, 6.07) is 0. The highest BCUT2D eigenvalue weighted by atomic mass is 16.6. The van der Waals surface area contributed by atoms with Crippen LogP contribution in [0.2, 0.25) is 0 Å². The molecule has 0 aromatic rings. The van der Waals surface area contributed by atoms with Crippen LogP contribution in [0.3, 0.4) is 0 Å². The van der Waals surface area contributed by atoms with E-state index in [9.17, 15) is 4.79 Å². The average molecular weight is 154 g/mol. The predicted molar refractivity (Wildman–Crippen MR) is 43.4 cm³/mol. The van der Waals surface area contributed by atoms with Gasteiger partial charge in [0.25, 0.3) is 0 Å². The molecule has 1 rings (SSSR count). The van der Waals surface area contributed by atoms with E-state index in [1.807, 2.05) is 6.08 Å². The number of carbonyl (C=O) groups excluding carboxylic acids is 1. The average Bonchev–Trinajstić information content (AvgIpc) is 2.77. The summed E-state index contributed by atoms with van der Waals surface area (Å²) in [4.78, 5) is 9.87. The largest absolute Gasteiger partial charge is 0.370 e. The molecule has 0 spiro atoms. The Balaban J connectivity index is 1.97. The minimum absolute atomic E-state index is 0.469. The molecule has 1 aliphatic heterocycles. The van der Waals surface area contributed by atoms with E-state index in [1.54, 1.807) is 6.08 Å². The summed E-state index contributed by atoms with van der Waals surface area (Å²) in [5, 5.41) is 0. The van der Waals surface area contributed by atoms with Gasteiger partial charge in [0.2, 0.25) is 0 Å². The summed E-state index contributed by atoms with van der Waals surface area (Å²) in [6.45, 7) is 2.13.